The summed E-state index contributed by atoms with van der Waals surface area (Å²) in [6.07, 6.45) is 5.03. The van der Waals surface area contributed by atoms with Crippen molar-refractivity contribution in [2.24, 2.45) is 5.92 Å². The molecule has 1 heterocycles. The van der Waals surface area contributed by atoms with Gasteiger partial charge in [-0.1, -0.05) is 33.1 Å². The number of rotatable bonds is 7. The second-order valence-electron chi connectivity index (χ2n) is 4.93. The van der Waals surface area contributed by atoms with Gasteiger partial charge in [-0.3, -0.25) is 0 Å². The second-order valence-corrected chi connectivity index (χ2v) is 4.93. The SMILES string of the molecule is CCCCC(CC)CNc1nc(C)nc(N)c1C. The highest BCUT2D eigenvalue weighted by molar-refractivity contribution is 5.54. The lowest BCUT2D eigenvalue weighted by Gasteiger charge is -2.17. The molecule has 0 fully saturated rings. The van der Waals surface area contributed by atoms with Crippen molar-refractivity contribution in [3.8, 4) is 0 Å². The first-order valence-corrected chi connectivity index (χ1v) is 6.93. The standard InChI is InChI=1S/C14H26N4/c1-5-7-8-12(6-2)9-16-14-10(3)13(15)17-11(4)18-14/h12H,5-9H2,1-4H3,(H3,15,16,17,18). The number of nitrogens with zero attached hydrogens (tertiary/aromatic N) is 2. The Labute approximate surface area is 110 Å². The van der Waals surface area contributed by atoms with Crippen LogP contribution in [0.4, 0.5) is 11.6 Å². The van der Waals surface area contributed by atoms with Crippen molar-refractivity contribution in [2.75, 3.05) is 17.6 Å². The third-order valence-electron chi connectivity index (χ3n) is 3.40. The maximum Gasteiger partial charge on any atom is 0.134 e. The van der Waals surface area contributed by atoms with Crippen molar-refractivity contribution in [2.45, 2.75) is 53.4 Å². The summed E-state index contributed by atoms with van der Waals surface area (Å²) in [6, 6.07) is 0. The Morgan fingerprint density at radius 1 is 1.22 bits per heavy atom. The van der Waals surface area contributed by atoms with E-state index in [1.54, 1.807) is 0 Å². The quantitative estimate of drug-likeness (QED) is 0.779. The number of nitrogens with two attached hydrogens (primary N) is 1. The van der Waals surface area contributed by atoms with Crippen LogP contribution in [0, 0.1) is 19.8 Å². The van der Waals surface area contributed by atoms with Gasteiger partial charge in [0.15, 0.2) is 0 Å². The van der Waals surface area contributed by atoms with E-state index in [2.05, 4.69) is 29.1 Å². The molecular weight excluding hydrogens is 224 g/mol. The summed E-state index contributed by atoms with van der Waals surface area (Å²) in [5.41, 5.74) is 6.80. The first-order valence-electron chi connectivity index (χ1n) is 6.93. The fourth-order valence-electron chi connectivity index (χ4n) is 2.01. The average molecular weight is 250 g/mol. The second kappa shape index (κ2) is 7.19. The Morgan fingerprint density at radius 2 is 1.94 bits per heavy atom. The van der Waals surface area contributed by atoms with Crippen LogP contribution >= 0.6 is 0 Å². The lowest BCUT2D eigenvalue weighted by Crippen LogP contribution is -2.16. The maximum absolute atomic E-state index is 5.85. The molecule has 0 aromatic carbocycles. The molecule has 1 rings (SSSR count). The van der Waals surface area contributed by atoms with E-state index in [1.807, 2.05) is 13.8 Å². The summed E-state index contributed by atoms with van der Waals surface area (Å²) in [4.78, 5) is 8.58. The molecule has 0 spiro atoms. The molecule has 0 saturated heterocycles. The molecule has 0 aliphatic heterocycles. The third-order valence-corrected chi connectivity index (χ3v) is 3.40. The number of hydrogen-bond acceptors (Lipinski definition) is 4. The number of nitrogens with one attached hydrogen (secondary N) is 1. The summed E-state index contributed by atoms with van der Waals surface area (Å²) >= 11 is 0. The van der Waals surface area contributed by atoms with Crippen molar-refractivity contribution in [3.63, 3.8) is 0 Å². The molecule has 0 bridgehead atoms. The van der Waals surface area contributed by atoms with Gasteiger partial charge in [0.2, 0.25) is 0 Å². The topological polar surface area (TPSA) is 63.8 Å². The summed E-state index contributed by atoms with van der Waals surface area (Å²) in [5.74, 6) is 2.89. The van der Waals surface area contributed by atoms with E-state index in [4.69, 9.17) is 5.73 Å². The largest absolute Gasteiger partial charge is 0.383 e. The van der Waals surface area contributed by atoms with Crippen LogP contribution in [0.5, 0.6) is 0 Å². The number of aryl methyl sites for hydroxylation is 1. The summed E-state index contributed by atoms with van der Waals surface area (Å²) in [5, 5.41) is 3.42. The van der Waals surface area contributed by atoms with Crippen LogP contribution in [0.15, 0.2) is 0 Å². The van der Waals surface area contributed by atoms with Crippen LogP contribution in [0.2, 0.25) is 0 Å². The van der Waals surface area contributed by atoms with Gasteiger partial charge in [-0.15, -0.1) is 0 Å². The Hall–Kier alpha value is -1.32. The van der Waals surface area contributed by atoms with Gasteiger partial charge in [0.05, 0.1) is 0 Å². The average Bonchev–Trinajstić information content (AvgIpc) is 2.35. The molecule has 1 unspecified atom stereocenters. The van der Waals surface area contributed by atoms with Gasteiger partial charge in [-0.25, -0.2) is 9.97 Å². The molecule has 0 aliphatic rings. The molecule has 3 N–H and O–H groups in total. The molecule has 102 valence electrons. The van der Waals surface area contributed by atoms with Gasteiger partial charge in [0.1, 0.15) is 17.5 Å². The van der Waals surface area contributed by atoms with Crippen LogP contribution in [0.1, 0.15) is 50.9 Å². The van der Waals surface area contributed by atoms with E-state index in [-0.39, 0.29) is 0 Å². The number of anilines is 2. The van der Waals surface area contributed by atoms with Gasteiger partial charge < -0.3 is 11.1 Å². The Kier molecular flexibility index (Phi) is 5.89. The van der Waals surface area contributed by atoms with Crippen molar-refractivity contribution in [1.82, 2.24) is 9.97 Å². The highest BCUT2D eigenvalue weighted by Gasteiger charge is 2.09. The zero-order valence-electron chi connectivity index (χ0n) is 12.1. The third kappa shape index (κ3) is 4.17. The molecule has 1 aromatic rings. The smallest absolute Gasteiger partial charge is 0.134 e. The normalized spacial score (nSPS) is 12.4. The van der Waals surface area contributed by atoms with Crippen molar-refractivity contribution in [3.05, 3.63) is 11.4 Å². The molecule has 18 heavy (non-hydrogen) atoms. The lowest BCUT2D eigenvalue weighted by molar-refractivity contribution is 0.472. The molecule has 1 atom stereocenters. The molecule has 0 amide bonds. The highest BCUT2D eigenvalue weighted by atomic mass is 15.1. The molecule has 0 saturated carbocycles. The predicted octanol–water partition coefficient (Wildman–Crippen LogP) is 3.30. The van der Waals surface area contributed by atoms with E-state index in [1.165, 1.54) is 25.7 Å². The van der Waals surface area contributed by atoms with Crippen LogP contribution < -0.4 is 11.1 Å². The molecular formula is C14H26N4. The van der Waals surface area contributed by atoms with Gasteiger partial charge >= 0.3 is 0 Å². The van der Waals surface area contributed by atoms with Crippen LogP contribution in [-0.2, 0) is 0 Å². The van der Waals surface area contributed by atoms with E-state index < -0.39 is 0 Å². The lowest BCUT2D eigenvalue weighted by atomic mass is 9.99. The minimum atomic E-state index is 0.576. The van der Waals surface area contributed by atoms with Gasteiger partial charge in [0.25, 0.3) is 0 Å². The van der Waals surface area contributed by atoms with Crippen molar-refractivity contribution < 1.29 is 0 Å². The fraction of sp³-hybridized carbons (Fsp3) is 0.714. The molecule has 1 aromatic heterocycles. The van der Waals surface area contributed by atoms with Crippen LogP contribution in [0.3, 0.4) is 0 Å². The minimum absolute atomic E-state index is 0.576. The highest BCUT2D eigenvalue weighted by Crippen LogP contribution is 2.19. The van der Waals surface area contributed by atoms with Gasteiger partial charge in [0, 0.05) is 12.1 Å². The fourth-order valence-corrected chi connectivity index (χ4v) is 2.01. The van der Waals surface area contributed by atoms with Gasteiger partial charge in [-0.2, -0.15) is 0 Å². The summed E-state index contributed by atoms with van der Waals surface area (Å²) in [6.45, 7) is 9.28. The minimum Gasteiger partial charge on any atom is -0.383 e. The Bertz CT molecular complexity index is 376. The summed E-state index contributed by atoms with van der Waals surface area (Å²) in [7, 11) is 0. The predicted molar refractivity (Wildman–Crippen MR) is 77.7 cm³/mol. The Balaban J connectivity index is 2.61. The van der Waals surface area contributed by atoms with E-state index in [9.17, 15) is 0 Å². The van der Waals surface area contributed by atoms with Crippen LogP contribution in [-0.4, -0.2) is 16.5 Å². The van der Waals surface area contributed by atoms with E-state index in [0.29, 0.717) is 11.7 Å². The maximum atomic E-state index is 5.85. The van der Waals surface area contributed by atoms with Gasteiger partial charge in [-0.05, 0) is 26.2 Å². The summed E-state index contributed by atoms with van der Waals surface area (Å²) < 4.78 is 0. The number of hydrogen-bond donors (Lipinski definition) is 2. The first kappa shape index (κ1) is 14.7. The number of aromatic nitrogens is 2. The zero-order valence-corrected chi connectivity index (χ0v) is 12.1. The van der Waals surface area contributed by atoms with E-state index in [0.717, 1.165) is 23.8 Å². The number of nitrogen functional groups attached to an aromatic ring is 1. The molecule has 4 nitrogen and oxygen atoms in total. The Morgan fingerprint density at radius 3 is 2.56 bits per heavy atom. The van der Waals surface area contributed by atoms with Crippen molar-refractivity contribution >= 4 is 11.6 Å². The van der Waals surface area contributed by atoms with E-state index >= 15 is 0 Å². The molecule has 4 heteroatoms. The molecule has 0 radical (unpaired) electrons. The number of unbranched alkanes of at least 4 members (excludes halogenated alkanes) is 1. The molecule has 0 aliphatic carbocycles. The van der Waals surface area contributed by atoms with Crippen molar-refractivity contribution in [1.29, 1.82) is 0 Å². The monoisotopic (exact) mass is 250 g/mol. The van der Waals surface area contributed by atoms with Crippen LogP contribution in [0.25, 0.3) is 0 Å². The zero-order chi connectivity index (χ0) is 13.5. The first-order chi connectivity index (χ1) is 8.58.